The van der Waals surface area contributed by atoms with Crippen molar-refractivity contribution in [1.29, 1.82) is 0 Å². The summed E-state index contributed by atoms with van der Waals surface area (Å²) in [5.41, 5.74) is 2.93. The van der Waals surface area contributed by atoms with E-state index in [1.54, 1.807) is 25.3 Å². The van der Waals surface area contributed by atoms with E-state index in [1.165, 1.54) is 5.56 Å². The van der Waals surface area contributed by atoms with Gasteiger partial charge in [-0.05, 0) is 41.8 Å². The van der Waals surface area contributed by atoms with Crippen molar-refractivity contribution in [1.82, 2.24) is 9.62 Å². The summed E-state index contributed by atoms with van der Waals surface area (Å²) in [4.78, 5) is 2.59. The second kappa shape index (κ2) is 8.84. The number of rotatable bonds is 7. The molecular weight excluding hydrogens is 364 g/mol. The van der Waals surface area contributed by atoms with E-state index in [0.717, 1.165) is 44.0 Å². The average molecular weight is 391 g/mol. The lowest BCUT2D eigenvalue weighted by atomic mass is 10.1. The van der Waals surface area contributed by atoms with Gasteiger partial charge in [0.25, 0.3) is 0 Å². The number of morpholine rings is 1. The van der Waals surface area contributed by atoms with Gasteiger partial charge in [0.15, 0.2) is 0 Å². The highest BCUT2D eigenvalue weighted by molar-refractivity contribution is 7.89. The number of methoxy groups -OCH3 is 1. The molecule has 146 valence electrons. The maximum atomic E-state index is 12.5. The summed E-state index contributed by atoms with van der Waals surface area (Å²) in [6.07, 6.45) is 0. The fraction of sp³-hybridized carbons (Fsp3) is 0.400. The minimum Gasteiger partial charge on any atom is -0.496 e. The smallest absolute Gasteiger partial charge is 0.240 e. The van der Waals surface area contributed by atoms with E-state index in [2.05, 4.69) is 21.8 Å². The van der Waals surface area contributed by atoms with Crippen LogP contribution in [0.25, 0.3) is 0 Å². The molecule has 3 rings (SSSR count). The van der Waals surface area contributed by atoms with Gasteiger partial charge < -0.3 is 9.47 Å². The molecular formula is C20H26N2O4S. The topological polar surface area (TPSA) is 67.9 Å². The number of ether oxygens (including phenoxy) is 2. The Morgan fingerprint density at radius 1 is 1.07 bits per heavy atom. The number of hydrogen-bond acceptors (Lipinski definition) is 5. The lowest BCUT2D eigenvalue weighted by Crippen LogP contribution is -2.35. The molecule has 0 aliphatic carbocycles. The zero-order valence-electron chi connectivity index (χ0n) is 15.8. The van der Waals surface area contributed by atoms with Crippen LogP contribution in [-0.2, 0) is 27.8 Å². The predicted octanol–water partition coefficient (Wildman–Crippen LogP) is 2.31. The highest BCUT2D eigenvalue weighted by Crippen LogP contribution is 2.21. The van der Waals surface area contributed by atoms with Crippen molar-refractivity contribution in [2.45, 2.75) is 24.9 Å². The Labute approximate surface area is 161 Å². The molecule has 0 aromatic heterocycles. The lowest BCUT2D eigenvalue weighted by Gasteiger charge is -2.26. The normalized spacial score (nSPS) is 15.6. The number of benzene rings is 2. The van der Waals surface area contributed by atoms with Gasteiger partial charge in [0, 0.05) is 26.2 Å². The quantitative estimate of drug-likeness (QED) is 0.786. The molecule has 0 atom stereocenters. The van der Waals surface area contributed by atoms with E-state index in [4.69, 9.17) is 9.47 Å². The predicted molar refractivity (Wildman–Crippen MR) is 104 cm³/mol. The zero-order chi connectivity index (χ0) is 19.3. The van der Waals surface area contributed by atoms with E-state index in [1.807, 2.05) is 19.1 Å². The Bertz CT molecular complexity index is 860. The van der Waals surface area contributed by atoms with E-state index < -0.39 is 10.0 Å². The van der Waals surface area contributed by atoms with E-state index in [9.17, 15) is 8.42 Å². The number of aryl methyl sites for hydroxylation is 1. The summed E-state index contributed by atoms with van der Waals surface area (Å²) in [5, 5.41) is 0. The molecule has 0 spiro atoms. The van der Waals surface area contributed by atoms with Gasteiger partial charge in [0.2, 0.25) is 10.0 Å². The van der Waals surface area contributed by atoms with Gasteiger partial charge in [-0.15, -0.1) is 0 Å². The highest BCUT2D eigenvalue weighted by atomic mass is 32.2. The third-order valence-electron chi connectivity index (χ3n) is 4.68. The summed E-state index contributed by atoms with van der Waals surface area (Å²) in [5.74, 6) is 0.671. The first-order chi connectivity index (χ1) is 13.0. The minimum atomic E-state index is -3.57. The second-order valence-corrected chi connectivity index (χ2v) is 8.43. The number of nitrogens with one attached hydrogen (secondary N) is 1. The molecule has 1 N–H and O–H groups in total. The largest absolute Gasteiger partial charge is 0.496 e. The van der Waals surface area contributed by atoms with Gasteiger partial charge in [-0.2, -0.15) is 0 Å². The molecule has 2 aromatic carbocycles. The van der Waals surface area contributed by atoms with E-state index in [-0.39, 0.29) is 11.4 Å². The zero-order valence-corrected chi connectivity index (χ0v) is 16.6. The van der Waals surface area contributed by atoms with Gasteiger partial charge in [-0.1, -0.05) is 24.3 Å². The lowest BCUT2D eigenvalue weighted by molar-refractivity contribution is 0.0342. The Balaban J connectivity index is 1.59. The van der Waals surface area contributed by atoms with Crippen molar-refractivity contribution in [3.05, 3.63) is 59.2 Å². The van der Waals surface area contributed by atoms with Crippen LogP contribution >= 0.6 is 0 Å². The average Bonchev–Trinajstić information content (AvgIpc) is 2.68. The Hall–Kier alpha value is -1.93. The van der Waals surface area contributed by atoms with E-state index in [0.29, 0.717) is 5.75 Å². The molecule has 1 aliphatic heterocycles. The van der Waals surface area contributed by atoms with Crippen molar-refractivity contribution >= 4 is 10.0 Å². The maximum absolute atomic E-state index is 12.5. The van der Waals surface area contributed by atoms with Gasteiger partial charge in [-0.25, -0.2) is 13.1 Å². The molecule has 1 fully saturated rings. The monoisotopic (exact) mass is 390 g/mol. The summed E-state index contributed by atoms with van der Waals surface area (Å²) < 4.78 is 38.2. The first-order valence-corrected chi connectivity index (χ1v) is 10.5. The van der Waals surface area contributed by atoms with Crippen LogP contribution in [0, 0.1) is 6.92 Å². The van der Waals surface area contributed by atoms with Gasteiger partial charge in [0.1, 0.15) is 5.75 Å². The van der Waals surface area contributed by atoms with Crippen molar-refractivity contribution in [2.24, 2.45) is 0 Å². The summed E-state index contributed by atoms with van der Waals surface area (Å²) in [6.45, 7) is 6.43. The van der Waals surface area contributed by atoms with Crippen LogP contribution in [0.3, 0.4) is 0 Å². The van der Waals surface area contributed by atoms with Gasteiger partial charge in [-0.3, -0.25) is 4.90 Å². The minimum absolute atomic E-state index is 0.240. The van der Waals surface area contributed by atoms with Crippen molar-refractivity contribution in [3.8, 4) is 5.75 Å². The van der Waals surface area contributed by atoms with Crippen LogP contribution in [0.2, 0.25) is 0 Å². The highest BCUT2D eigenvalue weighted by Gasteiger charge is 2.15. The molecule has 0 radical (unpaired) electrons. The Kier molecular flexibility index (Phi) is 6.49. The molecule has 27 heavy (non-hydrogen) atoms. The number of sulfonamides is 1. The Morgan fingerprint density at radius 2 is 1.74 bits per heavy atom. The molecule has 0 saturated carbocycles. The van der Waals surface area contributed by atoms with Crippen LogP contribution in [0.1, 0.15) is 16.7 Å². The molecule has 6 nitrogen and oxygen atoms in total. The number of nitrogens with zero attached hydrogens (tertiary/aromatic N) is 1. The van der Waals surface area contributed by atoms with E-state index >= 15 is 0 Å². The fourth-order valence-corrected chi connectivity index (χ4v) is 4.16. The SMILES string of the molecule is COc1ccc(S(=O)(=O)NCc2ccc(CN3CCOCC3)cc2)cc1C. The van der Waals surface area contributed by atoms with Gasteiger partial charge in [0.05, 0.1) is 25.2 Å². The first-order valence-electron chi connectivity index (χ1n) is 9.00. The molecule has 1 aliphatic rings. The van der Waals surface area contributed by atoms with Crippen LogP contribution in [0.4, 0.5) is 0 Å². The molecule has 1 saturated heterocycles. The van der Waals surface area contributed by atoms with Crippen molar-refractivity contribution in [3.63, 3.8) is 0 Å². The van der Waals surface area contributed by atoms with Crippen LogP contribution in [0.15, 0.2) is 47.4 Å². The van der Waals surface area contributed by atoms with Crippen LogP contribution in [-0.4, -0.2) is 46.7 Å². The standard InChI is InChI=1S/C20H26N2O4S/c1-16-13-19(7-8-20(16)25-2)27(23,24)21-14-17-3-5-18(6-4-17)15-22-9-11-26-12-10-22/h3-8,13,21H,9-12,14-15H2,1-2H3. The van der Waals surface area contributed by atoms with Crippen molar-refractivity contribution in [2.75, 3.05) is 33.4 Å². The molecule has 0 unspecified atom stereocenters. The Morgan fingerprint density at radius 3 is 2.37 bits per heavy atom. The molecule has 0 bridgehead atoms. The summed E-state index contributed by atoms with van der Waals surface area (Å²) >= 11 is 0. The third-order valence-corrected chi connectivity index (χ3v) is 6.07. The fourth-order valence-electron chi connectivity index (χ4n) is 3.06. The molecule has 0 amide bonds. The molecule has 7 heteroatoms. The number of hydrogen-bond donors (Lipinski definition) is 1. The first kappa shape index (κ1) is 19.8. The van der Waals surface area contributed by atoms with Crippen LogP contribution in [0.5, 0.6) is 5.75 Å². The van der Waals surface area contributed by atoms with Crippen molar-refractivity contribution < 1.29 is 17.9 Å². The van der Waals surface area contributed by atoms with Gasteiger partial charge >= 0.3 is 0 Å². The van der Waals surface area contributed by atoms with Crippen LogP contribution < -0.4 is 9.46 Å². The maximum Gasteiger partial charge on any atom is 0.240 e. The molecule has 2 aromatic rings. The third kappa shape index (κ3) is 5.29. The molecule has 1 heterocycles. The summed E-state index contributed by atoms with van der Waals surface area (Å²) in [6, 6.07) is 12.9. The summed E-state index contributed by atoms with van der Waals surface area (Å²) in [7, 11) is -2.00. The second-order valence-electron chi connectivity index (χ2n) is 6.66.